The van der Waals surface area contributed by atoms with Crippen LogP contribution in [0.15, 0.2) is 95.5 Å². The molecule has 0 aliphatic carbocycles. The maximum atomic E-state index is 12.6. The summed E-state index contributed by atoms with van der Waals surface area (Å²) >= 11 is 5.67. The van der Waals surface area contributed by atoms with Gasteiger partial charge in [-0.05, 0) is 60.7 Å². The van der Waals surface area contributed by atoms with E-state index in [1.165, 1.54) is 12.1 Å². The lowest BCUT2D eigenvalue weighted by Crippen LogP contribution is -2.32. The Bertz CT molecular complexity index is 1410. The Morgan fingerprint density at radius 3 is 2.51 bits per heavy atom. The lowest BCUT2D eigenvalue weighted by Gasteiger charge is -2.25. The molecule has 3 heterocycles. The van der Waals surface area contributed by atoms with Crippen molar-refractivity contribution in [2.75, 3.05) is 11.9 Å². The van der Waals surface area contributed by atoms with Gasteiger partial charge in [0.2, 0.25) is 5.91 Å². The average molecular weight is 514 g/mol. The van der Waals surface area contributed by atoms with Crippen LogP contribution in [0.25, 0.3) is 11.3 Å². The molecule has 2 atom stereocenters. The van der Waals surface area contributed by atoms with Crippen LogP contribution in [-0.2, 0) is 4.79 Å². The normalized spacial score (nSPS) is 16.9. The van der Waals surface area contributed by atoms with Gasteiger partial charge >= 0.3 is 0 Å². The predicted octanol–water partition coefficient (Wildman–Crippen LogP) is 5.25. The van der Waals surface area contributed by atoms with E-state index >= 15 is 0 Å². The van der Waals surface area contributed by atoms with Crippen LogP contribution < -0.4 is 10.6 Å². The van der Waals surface area contributed by atoms with Gasteiger partial charge < -0.3 is 20.0 Å². The number of carbonyl (C=O) groups excluding carboxylic acids is 1. The highest BCUT2D eigenvalue weighted by molar-refractivity contribution is 7.80. The molecular formula is C27H23N5O4S. The number of para-hydroxylation sites is 1. The molecule has 0 saturated carbocycles. The lowest BCUT2D eigenvalue weighted by atomic mass is 10.0. The van der Waals surface area contributed by atoms with E-state index in [1.807, 2.05) is 65.6 Å². The quantitative estimate of drug-likeness (QED) is 0.187. The van der Waals surface area contributed by atoms with E-state index < -0.39 is 4.92 Å². The number of hydrogen-bond donors (Lipinski definition) is 2. The molecule has 1 amide bonds. The molecule has 1 aliphatic rings. The summed E-state index contributed by atoms with van der Waals surface area (Å²) in [7, 11) is 0. The van der Waals surface area contributed by atoms with E-state index in [1.54, 1.807) is 18.3 Å². The van der Waals surface area contributed by atoms with Gasteiger partial charge in [0.05, 0.1) is 16.7 Å². The molecule has 10 heteroatoms. The number of nitro benzene ring substituents is 1. The molecule has 4 aromatic rings. The first kappa shape index (κ1) is 24.1. The van der Waals surface area contributed by atoms with E-state index in [0.29, 0.717) is 28.7 Å². The number of anilines is 1. The van der Waals surface area contributed by atoms with Crippen molar-refractivity contribution in [2.45, 2.75) is 18.5 Å². The second kappa shape index (κ2) is 10.6. The Labute approximate surface area is 218 Å². The summed E-state index contributed by atoms with van der Waals surface area (Å²) in [5.74, 6) is 1.09. The number of benzene rings is 2. The summed E-state index contributed by atoms with van der Waals surface area (Å²) in [6, 6.07) is 24.2. The number of rotatable bonds is 8. The van der Waals surface area contributed by atoms with Crippen LogP contribution in [0.4, 0.5) is 11.4 Å². The van der Waals surface area contributed by atoms with Crippen molar-refractivity contribution in [2.24, 2.45) is 0 Å². The van der Waals surface area contributed by atoms with Crippen molar-refractivity contribution < 1.29 is 14.1 Å². The molecule has 2 aromatic heterocycles. The number of hydrogen-bond acceptors (Lipinski definition) is 6. The summed E-state index contributed by atoms with van der Waals surface area (Å²) in [4.78, 5) is 29.7. The Morgan fingerprint density at radius 1 is 1.05 bits per heavy atom. The molecule has 0 unspecified atom stereocenters. The molecule has 186 valence electrons. The molecule has 1 saturated heterocycles. The van der Waals surface area contributed by atoms with E-state index in [2.05, 4.69) is 15.6 Å². The van der Waals surface area contributed by atoms with E-state index in [0.717, 1.165) is 11.4 Å². The predicted molar refractivity (Wildman–Crippen MR) is 143 cm³/mol. The van der Waals surface area contributed by atoms with Crippen molar-refractivity contribution in [1.82, 2.24) is 15.2 Å². The molecule has 5 rings (SSSR count). The Morgan fingerprint density at radius 2 is 1.81 bits per heavy atom. The van der Waals surface area contributed by atoms with Crippen molar-refractivity contribution in [1.29, 1.82) is 0 Å². The third-order valence-corrected chi connectivity index (χ3v) is 6.47. The van der Waals surface area contributed by atoms with Crippen molar-refractivity contribution >= 4 is 34.6 Å². The molecule has 1 fully saturated rings. The first-order valence-electron chi connectivity index (χ1n) is 11.7. The number of amides is 1. The topological polar surface area (TPSA) is 114 Å². The van der Waals surface area contributed by atoms with Crippen LogP contribution in [0.5, 0.6) is 0 Å². The monoisotopic (exact) mass is 513 g/mol. The fourth-order valence-corrected chi connectivity index (χ4v) is 4.67. The number of nitrogens with one attached hydrogen (secondary N) is 2. The zero-order valence-corrected chi connectivity index (χ0v) is 20.4. The van der Waals surface area contributed by atoms with Crippen LogP contribution in [0.1, 0.15) is 30.0 Å². The van der Waals surface area contributed by atoms with E-state index in [9.17, 15) is 14.9 Å². The van der Waals surface area contributed by atoms with Crippen LogP contribution in [0.2, 0.25) is 0 Å². The average Bonchev–Trinajstić information content (AvgIpc) is 3.53. The third-order valence-electron chi connectivity index (χ3n) is 6.12. The summed E-state index contributed by atoms with van der Waals surface area (Å²) < 4.78 is 6.25. The number of non-ortho nitro benzene ring substituents is 1. The smallest absolute Gasteiger partial charge is 0.269 e. The van der Waals surface area contributed by atoms with Gasteiger partial charge in [-0.25, -0.2) is 0 Å². The first-order valence-corrected chi connectivity index (χ1v) is 12.1. The Balaban J connectivity index is 1.40. The number of nitrogens with zero attached hydrogens (tertiary/aromatic N) is 3. The maximum Gasteiger partial charge on any atom is 0.269 e. The van der Waals surface area contributed by atoms with Crippen LogP contribution >= 0.6 is 12.2 Å². The summed E-state index contributed by atoms with van der Waals surface area (Å²) in [5.41, 5.74) is 2.25. The van der Waals surface area contributed by atoms with Crippen molar-refractivity contribution in [3.05, 3.63) is 113 Å². The molecule has 9 nitrogen and oxygen atoms in total. The van der Waals surface area contributed by atoms with Gasteiger partial charge in [-0.3, -0.25) is 19.9 Å². The highest BCUT2D eigenvalue weighted by Gasteiger charge is 2.41. The summed E-state index contributed by atoms with van der Waals surface area (Å²) in [6.07, 6.45) is 1.94. The zero-order chi connectivity index (χ0) is 25.8. The number of pyridine rings is 1. The molecule has 37 heavy (non-hydrogen) atoms. The van der Waals surface area contributed by atoms with Gasteiger partial charge in [0.25, 0.3) is 5.69 Å². The minimum atomic E-state index is -0.439. The molecule has 0 bridgehead atoms. The van der Waals surface area contributed by atoms with Crippen molar-refractivity contribution in [3.8, 4) is 11.3 Å². The standard InChI is InChI=1S/C27H23N5O4S/c33-24(29-19-6-2-1-3-7-19)15-17-31-26(25(30-27(31)37)21-8-4-5-16-28-21)23-14-13-22(36-23)18-9-11-20(12-10-18)32(34)35/h1-14,16,25-26H,15,17H2,(H,29,33)(H,30,37)/t25-,26+/m0/s1. The van der Waals surface area contributed by atoms with Crippen LogP contribution in [0, 0.1) is 10.1 Å². The van der Waals surface area contributed by atoms with Gasteiger partial charge in [-0.15, -0.1) is 0 Å². The Hall–Kier alpha value is -4.57. The number of carbonyl (C=O) groups is 1. The molecule has 2 N–H and O–H groups in total. The van der Waals surface area contributed by atoms with Crippen LogP contribution in [-0.4, -0.2) is 32.4 Å². The minimum Gasteiger partial charge on any atom is -0.459 e. The second-order valence-corrected chi connectivity index (χ2v) is 8.88. The number of thiocarbonyl (C=S) groups is 1. The third kappa shape index (κ3) is 5.34. The molecule has 0 radical (unpaired) electrons. The summed E-state index contributed by atoms with van der Waals surface area (Å²) in [5, 5.41) is 17.7. The number of nitro groups is 1. The lowest BCUT2D eigenvalue weighted by molar-refractivity contribution is -0.384. The highest BCUT2D eigenvalue weighted by atomic mass is 32.1. The highest BCUT2D eigenvalue weighted by Crippen LogP contribution is 2.40. The number of furan rings is 1. The SMILES string of the molecule is O=C(CCN1C(=S)N[C@@H](c2ccccn2)[C@H]1c1ccc(-c2ccc([N+](=O)[O-])cc2)o1)Nc1ccccc1. The molecule has 2 aromatic carbocycles. The fourth-order valence-electron chi connectivity index (χ4n) is 4.34. The minimum absolute atomic E-state index is 0.0102. The molecule has 0 spiro atoms. The van der Waals surface area contributed by atoms with Gasteiger partial charge in [-0.1, -0.05) is 24.3 Å². The first-order chi connectivity index (χ1) is 18.0. The van der Waals surface area contributed by atoms with E-state index in [-0.39, 0.29) is 30.1 Å². The maximum absolute atomic E-state index is 12.6. The van der Waals surface area contributed by atoms with Gasteiger partial charge in [0.1, 0.15) is 17.6 Å². The van der Waals surface area contributed by atoms with Gasteiger partial charge in [-0.2, -0.15) is 0 Å². The Kier molecular flexibility index (Phi) is 6.91. The second-order valence-electron chi connectivity index (χ2n) is 8.49. The van der Waals surface area contributed by atoms with Gasteiger partial charge in [0, 0.05) is 42.5 Å². The molecule has 1 aliphatic heterocycles. The largest absolute Gasteiger partial charge is 0.459 e. The fraction of sp³-hybridized carbons (Fsp3) is 0.148. The molecular weight excluding hydrogens is 490 g/mol. The summed E-state index contributed by atoms with van der Waals surface area (Å²) in [6.45, 7) is 0.367. The van der Waals surface area contributed by atoms with Crippen LogP contribution in [0.3, 0.4) is 0 Å². The van der Waals surface area contributed by atoms with E-state index in [4.69, 9.17) is 16.6 Å². The van der Waals surface area contributed by atoms with Gasteiger partial charge in [0.15, 0.2) is 5.11 Å². The van der Waals surface area contributed by atoms with Crippen molar-refractivity contribution in [3.63, 3.8) is 0 Å². The zero-order valence-electron chi connectivity index (χ0n) is 19.6. The number of aromatic nitrogens is 1.